The van der Waals surface area contributed by atoms with Crippen LogP contribution in [-0.2, 0) is 5.41 Å². The normalized spacial score (nSPS) is 25.2. The van der Waals surface area contributed by atoms with Crippen molar-refractivity contribution >= 4 is 0 Å². The molecule has 1 heterocycles. The maximum Gasteiger partial charge on any atom is 0.398 e. The van der Waals surface area contributed by atoms with Gasteiger partial charge in [0.2, 0.25) is 0 Å². The Morgan fingerprint density at radius 2 is 1.67 bits per heavy atom. The van der Waals surface area contributed by atoms with Crippen LogP contribution in [0.1, 0.15) is 37.0 Å². The summed E-state index contributed by atoms with van der Waals surface area (Å²) in [6.45, 7) is 3.59. The molecule has 1 saturated heterocycles. The Morgan fingerprint density at radius 3 is 2.05 bits per heavy atom. The van der Waals surface area contributed by atoms with Crippen LogP contribution < -0.4 is 0 Å². The van der Waals surface area contributed by atoms with Crippen molar-refractivity contribution < 1.29 is 18.3 Å². The molecule has 3 rings (SSSR count). The molecule has 2 aliphatic rings. The third kappa shape index (κ3) is 2.27. The molecule has 0 bridgehead atoms. The summed E-state index contributed by atoms with van der Waals surface area (Å²) >= 11 is 0. The van der Waals surface area contributed by atoms with Crippen LogP contribution in [0.15, 0.2) is 24.3 Å². The average Bonchev–Trinajstić information content (AvgIpc) is 3.17. The predicted octanol–water partition coefficient (Wildman–Crippen LogP) is 3.27. The summed E-state index contributed by atoms with van der Waals surface area (Å²) in [6, 6.07) is 6.36. The van der Waals surface area contributed by atoms with Gasteiger partial charge in [-0.3, -0.25) is 0 Å². The van der Waals surface area contributed by atoms with Gasteiger partial charge in [0.25, 0.3) is 0 Å². The molecule has 1 aromatic rings. The number of alkyl halides is 3. The third-order valence-electron chi connectivity index (χ3n) is 4.99. The largest absolute Gasteiger partial charge is 0.398 e. The number of aliphatic hydroxyl groups excluding tert-OH is 1. The van der Waals surface area contributed by atoms with Crippen molar-refractivity contribution in [1.29, 1.82) is 0 Å². The molecule has 1 aromatic carbocycles. The van der Waals surface area contributed by atoms with E-state index in [1.807, 2.05) is 14.0 Å². The van der Waals surface area contributed by atoms with Gasteiger partial charge in [0.15, 0.2) is 0 Å². The van der Waals surface area contributed by atoms with Crippen molar-refractivity contribution in [1.82, 2.24) is 4.90 Å². The molecular formula is C16H20F3NO. The predicted molar refractivity (Wildman–Crippen MR) is 74.0 cm³/mol. The minimum Gasteiger partial charge on any atom is -0.388 e. The van der Waals surface area contributed by atoms with Gasteiger partial charge in [-0.05, 0) is 31.0 Å². The van der Waals surface area contributed by atoms with E-state index in [1.54, 1.807) is 12.1 Å². The van der Waals surface area contributed by atoms with Crippen molar-refractivity contribution in [3.05, 3.63) is 35.4 Å². The van der Waals surface area contributed by atoms with Crippen LogP contribution >= 0.6 is 0 Å². The molecular weight excluding hydrogens is 279 g/mol. The van der Waals surface area contributed by atoms with Crippen LogP contribution in [0, 0.1) is 5.41 Å². The third-order valence-corrected chi connectivity index (χ3v) is 4.99. The van der Waals surface area contributed by atoms with Crippen LogP contribution in [0.3, 0.4) is 0 Å². The lowest BCUT2D eigenvalue weighted by molar-refractivity contribution is -0.160. The van der Waals surface area contributed by atoms with Gasteiger partial charge in [-0.15, -0.1) is 0 Å². The number of rotatable bonds is 3. The van der Waals surface area contributed by atoms with E-state index in [4.69, 9.17) is 0 Å². The summed E-state index contributed by atoms with van der Waals surface area (Å²) in [5, 5.41) is 10.4. The summed E-state index contributed by atoms with van der Waals surface area (Å²) in [6.07, 6.45) is -4.48. The van der Waals surface area contributed by atoms with Crippen molar-refractivity contribution in [2.75, 3.05) is 20.1 Å². The van der Waals surface area contributed by atoms with Crippen LogP contribution in [0.5, 0.6) is 0 Å². The highest BCUT2D eigenvalue weighted by Gasteiger charge is 2.64. The number of halogens is 3. The van der Waals surface area contributed by atoms with Gasteiger partial charge in [-0.1, -0.05) is 31.2 Å². The van der Waals surface area contributed by atoms with E-state index in [0.717, 1.165) is 13.1 Å². The van der Waals surface area contributed by atoms with Gasteiger partial charge < -0.3 is 10.0 Å². The first-order valence-corrected chi connectivity index (χ1v) is 7.22. The van der Waals surface area contributed by atoms with E-state index in [-0.39, 0.29) is 18.3 Å². The van der Waals surface area contributed by atoms with Crippen molar-refractivity contribution in [2.45, 2.75) is 37.5 Å². The zero-order chi connectivity index (χ0) is 15.5. The van der Waals surface area contributed by atoms with E-state index in [9.17, 15) is 18.3 Å². The lowest BCUT2D eigenvalue weighted by atomic mass is 9.74. The minimum absolute atomic E-state index is 0.168. The maximum absolute atomic E-state index is 13.1. The van der Waals surface area contributed by atoms with Crippen LogP contribution in [-0.4, -0.2) is 36.3 Å². The fourth-order valence-corrected chi connectivity index (χ4v) is 3.61. The maximum atomic E-state index is 13.1. The van der Waals surface area contributed by atoms with Gasteiger partial charge in [-0.25, -0.2) is 0 Å². The molecule has 1 saturated carbocycles. The Balaban J connectivity index is 1.79. The summed E-state index contributed by atoms with van der Waals surface area (Å²) in [5.41, 5.74) is -0.830. The highest BCUT2D eigenvalue weighted by Crippen LogP contribution is 2.59. The molecule has 2 nitrogen and oxygen atoms in total. The molecule has 2 fully saturated rings. The van der Waals surface area contributed by atoms with Crippen molar-refractivity contribution in [3.8, 4) is 0 Å². The first kappa shape index (κ1) is 14.9. The SMILES string of the molecule is CN1CC(C)(C(O)c2ccc(C3(C(F)(F)F)CC3)cc2)C1. The van der Waals surface area contributed by atoms with Gasteiger partial charge >= 0.3 is 6.18 Å². The Morgan fingerprint density at radius 1 is 1.14 bits per heavy atom. The zero-order valence-electron chi connectivity index (χ0n) is 12.2. The highest BCUT2D eigenvalue weighted by atomic mass is 19.4. The van der Waals surface area contributed by atoms with Crippen LogP contribution in [0.4, 0.5) is 13.2 Å². The molecule has 0 radical (unpaired) electrons. The molecule has 1 aliphatic heterocycles. The molecule has 1 aliphatic carbocycles. The quantitative estimate of drug-likeness (QED) is 0.926. The topological polar surface area (TPSA) is 23.5 Å². The summed E-state index contributed by atoms with van der Waals surface area (Å²) in [5.74, 6) is 0. The lowest BCUT2D eigenvalue weighted by Gasteiger charge is -2.49. The Labute approximate surface area is 122 Å². The van der Waals surface area contributed by atoms with E-state index in [2.05, 4.69) is 4.90 Å². The first-order chi connectivity index (χ1) is 9.68. The second-order valence-electron chi connectivity index (χ2n) is 6.93. The van der Waals surface area contributed by atoms with Crippen molar-refractivity contribution in [3.63, 3.8) is 0 Å². The Bertz CT molecular complexity index is 527. The molecule has 5 heteroatoms. The molecule has 21 heavy (non-hydrogen) atoms. The minimum atomic E-state index is -4.18. The lowest BCUT2D eigenvalue weighted by Crippen LogP contribution is -2.55. The van der Waals surface area contributed by atoms with Crippen LogP contribution in [0.2, 0.25) is 0 Å². The second kappa shape index (κ2) is 4.46. The molecule has 0 amide bonds. The van der Waals surface area contributed by atoms with E-state index < -0.39 is 17.7 Å². The first-order valence-electron chi connectivity index (χ1n) is 7.22. The van der Waals surface area contributed by atoms with E-state index in [1.165, 1.54) is 12.1 Å². The molecule has 1 unspecified atom stereocenters. The van der Waals surface area contributed by atoms with Crippen molar-refractivity contribution in [2.24, 2.45) is 5.41 Å². The number of hydrogen-bond acceptors (Lipinski definition) is 2. The van der Waals surface area contributed by atoms with E-state index in [0.29, 0.717) is 11.1 Å². The number of hydrogen-bond donors (Lipinski definition) is 1. The molecule has 116 valence electrons. The fraction of sp³-hybridized carbons (Fsp3) is 0.625. The molecule has 0 spiro atoms. The van der Waals surface area contributed by atoms with Gasteiger partial charge in [0.05, 0.1) is 11.5 Å². The zero-order valence-corrected chi connectivity index (χ0v) is 12.2. The Kier molecular flexibility index (Phi) is 3.16. The molecule has 1 N–H and O–H groups in total. The summed E-state index contributed by atoms with van der Waals surface area (Å²) in [7, 11) is 1.98. The van der Waals surface area contributed by atoms with Crippen LogP contribution in [0.25, 0.3) is 0 Å². The van der Waals surface area contributed by atoms with Gasteiger partial charge in [-0.2, -0.15) is 13.2 Å². The highest BCUT2D eigenvalue weighted by molar-refractivity contribution is 5.36. The van der Waals surface area contributed by atoms with E-state index >= 15 is 0 Å². The Hall–Kier alpha value is -1.07. The standard InChI is InChI=1S/C16H20F3NO/c1-14(9-20(2)10-14)13(21)11-3-5-12(6-4-11)15(7-8-15)16(17,18)19/h3-6,13,21H,7-10H2,1-2H3. The number of nitrogens with zero attached hydrogens (tertiary/aromatic N) is 1. The second-order valence-corrected chi connectivity index (χ2v) is 6.93. The van der Waals surface area contributed by atoms with Gasteiger partial charge in [0.1, 0.15) is 0 Å². The molecule has 0 aromatic heterocycles. The fourth-order valence-electron chi connectivity index (χ4n) is 3.61. The molecule has 1 atom stereocenters. The number of likely N-dealkylation sites (tertiary alicyclic amines) is 1. The summed E-state index contributed by atoms with van der Waals surface area (Å²) in [4.78, 5) is 2.11. The van der Waals surface area contributed by atoms with Gasteiger partial charge in [0, 0.05) is 18.5 Å². The number of benzene rings is 1. The monoisotopic (exact) mass is 299 g/mol. The summed E-state index contributed by atoms with van der Waals surface area (Å²) < 4.78 is 39.2. The number of aliphatic hydroxyl groups is 1. The average molecular weight is 299 g/mol. The smallest absolute Gasteiger partial charge is 0.388 e.